The Bertz CT molecular complexity index is 670. The van der Waals surface area contributed by atoms with Crippen LogP contribution in [0.1, 0.15) is 17.1 Å². The van der Waals surface area contributed by atoms with Gasteiger partial charge in [-0.15, -0.1) is 11.8 Å². The molecule has 0 saturated carbocycles. The van der Waals surface area contributed by atoms with E-state index in [0.29, 0.717) is 11.2 Å². The number of fused-ring (bicyclic) bond motifs is 1. The standard InChI is InChI=1S/C14H13ClN2OS2/c15-9-1-3-10(4-2-9)20-8-13-16-12-5-6-18-7-11(12)14(19)17-13/h1-4H,5-8H2,(H,16,17,19). The van der Waals surface area contributed by atoms with Gasteiger partial charge in [0, 0.05) is 27.6 Å². The van der Waals surface area contributed by atoms with Crippen molar-refractivity contribution in [2.45, 2.75) is 23.7 Å². The average molecular weight is 325 g/mol. The highest BCUT2D eigenvalue weighted by atomic mass is 35.5. The minimum absolute atomic E-state index is 0.572. The van der Waals surface area contributed by atoms with Gasteiger partial charge in [0.15, 0.2) is 0 Å². The molecule has 1 aliphatic heterocycles. The number of aromatic amines is 1. The molecule has 0 unspecified atom stereocenters. The van der Waals surface area contributed by atoms with Crippen molar-refractivity contribution in [3.05, 3.63) is 51.0 Å². The van der Waals surface area contributed by atoms with Crippen molar-refractivity contribution in [2.75, 3.05) is 6.61 Å². The number of benzene rings is 1. The van der Waals surface area contributed by atoms with Crippen LogP contribution in [-0.4, -0.2) is 16.6 Å². The second-order valence-corrected chi connectivity index (χ2v) is 6.36. The van der Waals surface area contributed by atoms with Crippen LogP contribution in [0, 0.1) is 4.64 Å². The van der Waals surface area contributed by atoms with E-state index in [4.69, 9.17) is 28.6 Å². The lowest BCUT2D eigenvalue weighted by molar-refractivity contribution is 0.108. The topological polar surface area (TPSA) is 37.9 Å². The number of nitrogens with zero attached hydrogens (tertiary/aromatic N) is 1. The molecule has 3 nitrogen and oxygen atoms in total. The molecule has 2 aromatic rings. The molecule has 0 fully saturated rings. The monoisotopic (exact) mass is 324 g/mol. The zero-order valence-corrected chi connectivity index (χ0v) is 13.1. The van der Waals surface area contributed by atoms with Crippen molar-refractivity contribution < 1.29 is 4.74 Å². The molecule has 1 aromatic carbocycles. The molecule has 1 N–H and O–H groups in total. The number of ether oxygens (including phenoxy) is 1. The highest BCUT2D eigenvalue weighted by molar-refractivity contribution is 7.98. The minimum Gasteiger partial charge on any atom is -0.376 e. The fourth-order valence-corrected chi connectivity index (χ4v) is 3.25. The molecule has 0 radical (unpaired) electrons. The molecule has 0 bridgehead atoms. The number of rotatable bonds is 3. The molecule has 0 spiro atoms. The van der Waals surface area contributed by atoms with E-state index in [9.17, 15) is 0 Å². The molecular formula is C14H13ClN2OS2. The fraction of sp³-hybridized carbons (Fsp3) is 0.286. The molecule has 0 aliphatic carbocycles. The summed E-state index contributed by atoms with van der Waals surface area (Å²) in [5, 5.41) is 0.751. The average Bonchev–Trinajstić information content (AvgIpc) is 2.47. The molecule has 2 heterocycles. The zero-order valence-electron chi connectivity index (χ0n) is 10.7. The Hall–Kier alpha value is -0.880. The van der Waals surface area contributed by atoms with E-state index in [1.54, 1.807) is 11.8 Å². The Kier molecular flexibility index (Phi) is 4.41. The van der Waals surface area contributed by atoms with Gasteiger partial charge >= 0.3 is 0 Å². The first kappa shape index (κ1) is 14.1. The van der Waals surface area contributed by atoms with Gasteiger partial charge in [0.05, 0.1) is 19.0 Å². The Morgan fingerprint density at radius 1 is 1.35 bits per heavy atom. The van der Waals surface area contributed by atoms with E-state index in [1.165, 1.54) is 5.69 Å². The third-order valence-corrected chi connectivity index (χ3v) is 4.70. The lowest BCUT2D eigenvalue weighted by Gasteiger charge is -2.17. The molecule has 0 amide bonds. The van der Waals surface area contributed by atoms with E-state index in [2.05, 4.69) is 9.97 Å². The van der Waals surface area contributed by atoms with E-state index >= 15 is 0 Å². The van der Waals surface area contributed by atoms with E-state index in [-0.39, 0.29) is 0 Å². The molecule has 1 aromatic heterocycles. The number of hydrogen-bond donors (Lipinski definition) is 1. The summed E-state index contributed by atoms with van der Waals surface area (Å²) in [6.45, 7) is 1.31. The largest absolute Gasteiger partial charge is 0.376 e. The van der Waals surface area contributed by atoms with Gasteiger partial charge in [0.1, 0.15) is 10.5 Å². The Morgan fingerprint density at radius 3 is 2.95 bits per heavy atom. The first-order chi connectivity index (χ1) is 9.72. The Balaban J connectivity index is 1.76. The number of halogens is 1. The second kappa shape index (κ2) is 6.26. The van der Waals surface area contributed by atoms with Crippen molar-refractivity contribution >= 4 is 35.6 Å². The summed E-state index contributed by atoms with van der Waals surface area (Å²) >= 11 is 12.9. The molecule has 0 saturated heterocycles. The molecule has 6 heteroatoms. The lowest BCUT2D eigenvalue weighted by Crippen LogP contribution is -2.14. The molecule has 20 heavy (non-hydrogen) atoms. The maximum absolute atomic E-state index is 5.88. The number of H-pyrrole nitrogens is 1. The van der Waals surface area contributed by atoms with Gasteiger partial charge in [0.25, 0.3) is 0 Å². The van der Waals surface area contributed by atoms with Crippen LogP contribution in [0.2, 0.25) is 5.02 Å². The van der Waals surface area contributed by atoms with Crippen LogP contribution in [0.4, 0.5) is 0 Å². The summed E-state index contributed by atoms with van der Waals surface area (Å²) < 4.78 is 6.07. The third-order valence-electron chi connectivity index (χ3n) is 3.09. The number of hydrogen-bond acceptors (Lipinski definition) is 4. The maximum atomic E-state index is 5.88. The fourth-order valence-electron chi connectivity index (χ4n) is 2.06. The predicted octanol–water partition coefficient (Wildman–Crippen LogP) is 4.16. The zero-order chi connectivity index (χ0) is 13.9. The highest BCUT2D eigenvalue weighted by Crippen LogP contribution is 2.24. The summed E-state index contributed by atoms with van der Waals surface area (Å²) in [5.74, 6) is 1.68. The third kappa shape index (κ3) is 3.23. The van der Waals surface area contributed by atoms with E-state index < -0.39 is 0 Å². The van der Waals surface area contributed by atoms with Crippen LogP contribution in [0.5, 0.6) is 0 Å². The smallest absolute Gasteiger partial charge is 0.135 e. The van der Waals surface area contributed by atoms with Gasteiger partial charge in [-0.2, -0.15) is 0 Å². The summed E-state index contributed by atoms with van der Waals surface area (Å²) in [6.07, 6.45) is 0.875. The second-order valence-electron chi connectivity index (χ2n) is 4.49. The first-order valence-electron chi connectivity index (χ1n) is 6.29. The van der Waals surface area contributed by atoms with Crippen molar-refractivity contribution in [1.82, 2.24) is 9.97 Å². The predicted molar refractivity (Wildman–Crippen MR) is 83.8 cm³/mol. The minimum atomic E-state index is 0.572. The van der Waals surface area contributed by atoms with Gasteiger partial charge in [-0.25, -0.2) is 4.98 Å². The number of nitrogens with one attached hydrogen (secondary N) is 1. The van der Waals surface area contributed by atoms with E-state index in [1.807, 2.05) is 24.3 Å². The van der Waals surface area contributed by atoms with Crippen LogP contribution < -0.4 is 0 Å². The van der Waals surface area contributed by atoms with Gasteiger partial charge in [0.2, 0.25) is 0 Å². The van der Waals surface area contributed by atoms with Gasteiger partial charge in [-0.3, -0.25) is 0 Å². The van der Waals surface area contributed by atoms with Crippen molar-refractivity contribution in [3.63, 3.8) is 0 Å². The number of aromatic nitrogens is 2. The summed E-state index contributed by atoms with van der Waals surface area (Å²) in [4.78, 5) is 9.00. The molecule has 1 aliphatic rings. The maximum Gasteiger partial charge on any atom is 0.135 e. The van der Waals surface area contributed by atoms with Gasteiger partial charge < -0.3 is 9.72 Å². The van der Waals surface area contributed by atoms with Crippen LogP contribution in [0.25, 0.3) is 0 Å². The van der Waals surface area contributed by atoms with Crippen LogP contribution in [0.15, 0.2) is 29.2 Å². The van der Waals surface area contributed by atoms with Crippen LogP contribution >= 0.6 is 35.6 Å². The van der Waals surface area contributed by atoms with Crippen LogP contribution in [-0.2, 0) is 23.5 Å². The number of thioether (sulfide) groups is 1. The normalized spacial score (nSPS) is 14.1. The Morgan fingerprint density at radius 2 is 2.15 bits per heavy atom. The molecular weight excluding hydrogens is 312 g/mol. The van der Waals surface area contributed by atoms with Crippen LogP contribution in [0.3, 0.4) is 0 Å². The molecule has 3 rings (SSSR count). The molecule has 0 atom stereocenters. The van der Waals surface area contributed by atoms with E-state index in [0.717, 1.165) is 40.1 Å². The summed E-state index contributed by atoms with van der Waals surface area (Å²) in [7, 11) is 0. The Labute approximate surface area is 131 Å². The summed E-state index contributed by atoms with van der Waals surface area (Å²) in [6, 6.07) is 7.80. The van der Waals surface area contributed by atoms with Gasteiger partial charge in [-0.1, -0.05) is 23.8 Å². The van der Waals surface area contributed by atoms with Crippen molar-refractivity contribution in [1.29, 1.82) is 0 Å². The van der Waals surface area contributed by atoms with Crippen molar-refractivity contribution in [3.8, 4) is 0 Å². The van der Waals surface area contributed by atoms with Crippen molar-refractivity contribution in [2.24, 2.45) is 0 Å². The summed E-state index contributed by atoms with van der Waals surface area (Å²) in [5.41, 5.74) is 2.20. The highest BCUT2D eigenvalue weighted by Gasteiger charge is 2.13. The quantitative estimate of drug-likeness (QED) is 0.679. The lowest BCUT2D eigenvalue weighted by atomic mass is 10.1. The SMILES string of the molecule is S=c1nc(CSc2ccc(Cl)cc2)[nH]c2c1COCC2. The first-order valence-corrected chi connectivity index (χ1v) is 8.06. The molecule has 104 valence electrons. The van der Waals surface area contributed by atoms with Gasteiger partial charge in [-0.05, 0) is 24.3 Å².